The zero-order chi connectivity index (χ0) is 12.3. The highest BCUT2D eigenvalue weighted by Crippen LogP contribution is 2.27. The Bertz CT molecular complexity index is 587. The first-order valence-corrected chi connectivity index (χ1v) is 7.09. The van der Waals surface area contributed by atoms with Crippen LogP contribution in [-0.2, 0) is 6.54 Å². The summed E-state index contributed by atoms with van der Waals surface area (Å²) in [5.41, 5.74) is -0.269. The van der Waals surface area contributed by atoms with E-state index in [-0.39, 0.29) is 5.69 Å². The predicted octanol–water partition coefficient (Wildman–Crippen LogP) is 3.21. The summed E-state index contributed by atoms with van der Waals surface area (Å²) in [6.07, 6.45) is 0. The molecule has 0 radical (unpaired) electrons. The van der Waals surface area contributed by atoms with Crippen molar-refractivity contribution >= 4 is 35.3 Å². The van der Waals surface area contributed by atoms with Gasteiger partial charge in [-0.1, -0.05) is 41.3 Å². The van der Waals surface area contributed by atoms with E-state index in [2.05, 4.69) is 4.98 Å². The van der Waals surface area contributed by atoms with Crippen molar-refractivity contribution in [3.63, 3.8) is 0 Å². The minimum atomic E-state index is -0.269. The van der Waals surface area contributed by atoms with Gasteiger partial charge in [0.1, 0.15) is 0 Å². The molecule has 2 rings (SSSR count). The third-order valence-corrected chi connectivity index (χ3v) is 4.48. The van der Waals surface area contributed by atoms with E-state index in [1.807, 2.05) is 37.3 Å². The third-order valence-electron chi connectivity index (χ3n) is 2.08. The lowest BCUT2D eigenvalue weighted by Crippen LogP contribution is -2.21. The number of nitrogens with zero attached hydrogens (tertiary/aromatic N) is 2. The topological polar surface area (TPSA) is 34.9 Å². The van der Waals surface area contributed by atoms with Crippen LogP contribution in [0.25, 0.3) is 0 Å². The van der Waals surface area contributed by atoms with E-state index >= 15 is 0 Å². The fourth-order valence-electron chi connectivity index (χ4n) is 1.27. The average Bonchev–Trinajstić information content (AvgIpc) is 2.30. The van der Waals surface area contributed by atoms with Crippen LogP contribution in [0.4, 0.5) is 0 Å². The van der Waals surface area contributed by atoms with E-state index in [1.165, 1.54) is 27.7 Å². The number of hydrogen-bond donors (Lipinski definition) is 0. The van der Waals surface area contributed by atoms with E-state index in [9.17, 15) is 4.79 Å². The Balaban J connectivity index is 2.36. The molecule has 0 aliphatic heterocycles. The minimum absolute atomic E-state index is 0.269. The van der Waals surface area contributed by atoms with Gasteiger partial charge in [0.15, 0.2) is 8.29 Å². The zero-order valence-corrected chi connectivity index (χ0v) is 11.6. The zero-order valence-electron chi connectivity index (χ0n) is 9.12. The highest BCUT2D eigenvalue weighted by molar-refractivity contribution is 8.01. The Hall–Kier alpha value is -0.980. The molecule has 0 saturated carbocycles. The van der Waals surface area contributed by atoms with Gasteiger partial charge < -0.3 is 0 Å². The van der Waals surface area contributed by atoms with Gasteiger partial charge in [-0.05, 0) is 31.3 Å². The van der Waals surface area contributed by atoms with Crippen molar-refractivity contribution < 1.29 is 0 Å². The Morgan fingerprint density at radius 1 is 1.41 bits per heavy atom. The Kier molecular flexibility index (Phi) is 4.09. The summed E-state index contributed by atoms with van der Waals surface area (Å²) in [5.74, 6) is 0. The standard InChI is InChI=1S/C11H10N2OS3/c1-2-13-9(14)12-10(17-11(13)15)16-8-6-4-3-5-7-8/h3-7H,2H2,1H3. The Morgan fingerprint density at radius 2 is 2.12 bits per heavy atom. The van der Waals surface area contributed by atoms with Crippen LogP contribution in [0.3, 0.4) is 0 Å². The lowest BCUT2D eigenvalue weighted by atomic mass is 10.4. The molecule has 0 aliphatic carbocycles. The van der Waals surface area contributed by atoms with E-state index < -0.39 is 0 Å². The van der Waals surface area contributed by atoms with Gasteiger partial charge in [-0.2, -0.15) is 4.98 Å². The molecule has 88 valence electrons. The van der Waals surface area contributed by atoms with Crippen molar-refractivity contribution in [2.75, 3.05) is 0 Å². The molecule has 6 heteroatoms. The number of hydrogen-bond acceptors (Lipinski definition) is 5. The molecule has 0 N–H and O–H groups in total. The van der Waals surface area contributed by atoms with Crippen LogP contribution >= 0.6 is 35.3 Å². The van der Waals surface area contributed by atoms with Crippen molar-refractivity contribution in [2.45, 2.75) is 22.7 Å². The van der Waals surface area contributed by atoms with Crippen molar-refractivity contribution in [2.24, 2.45) is 0 Å². The minimum Gasteiger partial charge on any atom is -0.275 e. The Labute approximate surface area is 112 Å². The van der Waals surface area contributed by atoms with Gasteiger partial charge >= 0.3 is 5.69 Å². The highest BCUT2D eigenvalue weighted by atomic mass is 32.2. The van der Waals surface area contributed by atoms with Crippen molar-refractivity contribution in [3.05, 3.63) is 44.8 Å². The van der Waals surface area contributed by atoms with Crippen LogP contribution in [0, 0.1) is 3.95 Å². The first-order valence-electron chi connectivity index (χ1n) is 5.05. The second-order valence-electron chi connectivity index (χ2n) is 3.19. The fourth-order valence-corrected chi connectivity index (χ4v) is 3.77. The molecule has 1 aromatic carbocycles. The maximum Gasteiger partial charge on any atom is 0.351 e. The van der Waals surface area contributed by atoms with E-state index in [4.69, 9.17) is 12.2 Å². The van der Waals surface area contributed by atoms with E-state index in [1.54, 1.807) is 0 Å². The first kappa shape index (κ1) is 12.5. The molecule has 3 nitrogen and oxygen atoms in total. The normalized spacial score (nSPS) is 10.4. The van der Waals surface area contributed by atoms with Gasteiger partial charge in [0, 0.05) is 11.4 Å². The molecule has 0 bridgehead atoms. The molecule has 2 aromatic rings. The van der Waals surface area contributed by atoms with Crippen LogP contribution in [0.5, 0.6) is 0 Å². The monoisotopic (exact) mass is 282 g/mol. The fraction of sp³-hybridized carbons (Fsp3) is 0.182. The smallest absolute Gasteiger partial charge is 0.275 e. The van der Waals surface area contributed by atoms with Gasteiger partial charge in [0.25, 0.3) is 0 Å². The van der Waals surface area contributed by atoms with Crippen LogP contribution in [0.1, 0.15) is 6.92 Å². The molecule has 0 fully saturated rings. The largest absolute Gasteiger partial charge is 0.351 e. The Morgan fingerprint density at radius 3 is 2.71 bits per heavy atom. The predicted molar refractivity (Wildman–Crippen MR) is 73.4 cm³/mol. The summed E-state index contributed by atoms with van der Waals surface area (Å²) in [7, 11) is 0. The van der Waals surface area contributed by atoms with Crippen LogP contribution < -0.4 is 5.69 Å². The molecule has 0 unspecified atom stereocenters. The van der Waals surface area contributed by atoms with Crippen molar-refractivity contribution in [1.29, 1.82) is 0 Å². The molecular formula is C11H10N2OS3. The van der Waals surface area contributed by atoms with E-state index in [0.29, 0.717) is 14.8 Å². The van der Waals surface area contributed by atoms with Gasteiger partial charge in [0.2, 0.25) is 0 Å². The summed E-state index contributed by atoms with van der Waals surface area (Å²) >= 11 is 8.00. The maximum absolute atomic E-state index is 11.7. The quantitative estimate of drug-likeness (QED) is 0.810. The van der Waals surface area contributed by atoms with Crippen molar-refractivity contribution in [1.82, 2.24) is 9.55 Å². The first-order chi connectivity index (χ1) is 8.20. The number of aromatic nitrogens is 2. The molecule has 17 heavy (non-hydrogen) atoms. The number of rotatable bonds is 3. The van der Waals surface area contributed by atoms with Gasteiger partial charge in [-0.3, -0.25) is 4.57 Å². The molecular weight excluding hydrogens is 272 g/mol. The third kappa shape index (κ3) is 3.02. The van der Waals surface area contributed by atoms with Gasteiger partial charge in [-0.15, -0.1) is 0 Å². The second kappa shape index (κ2) is 5.57. The molecule has 0 saturated heterocycles. The lowest BCUT2D eigenvalue weighted by molar-refractivity contribution is 0.695. The summed E-state index contributed by atoms with van der Waals surface area (Å²) in [4.78, 5) is 16.7. The summed E-state index contributed by atoms with van der Waals surface area (Å²) in [6, 6.07) is 9.82. The molecule has 0 atom stereocenters. The second-order valence-corrected chi connectivity index (χ2v) is 6.13. The van der Waals surface area contributed by atoms with Gasteiger partial charge in [0.05, 0.1) is 0 Å². The number of benzene rings is 1. The van der Waals surface area contributed by atoms with Crippen molar-refractivity contribution in [3.8, 4) is 0 Å². The SMILES string of the molecule is CCn1c(=O)nc(Sc2ccccc2)sc1=S. The molecule has 0 amide bonds. The molecule has 0 aliphatic rings. The summed E-state index contributed by atoms with van der Waals surface area (Å²) in [6.45, 7) is 2.45. The summed E-state index contributed by atoms with van der Waals surface area (Å²) < 4.78 is 2.76. The van der Waals surface area contributed by atoms with Crippen LogP contribution in [0.15, 0.2) is 44.4 Å². The lowest BCUT2D eigenvalue weighted by Gasteiger charge is -2.02. The molecule has 0 spiro atoms. The van der Waals surface area contributed by atoms with Crippen LogP contribution in [-0.4, -0.2) is 9.55 Å². The highest BCUT2D eigenvalue weighted by Gasteiger charge is 2.04. The average molecular weight is 282 g/mol. The van der Waals surface area contributed by atoms with E-state index in [0.717, 1.165) is 4.90 Å². The maximum atomic E-state index is 11.7. The molecule has 1 aromatic heterocycles. The van der Waals surface area contributed by atoms with Crippen LogP contribution in [0.2, 0.25) is 0 Å². The van der Waals surface area contributed by atoms with Gasteiger partial charge in [-0.25, -0.2) is 4.79 Å². The summed E-state index contributed by atoms with van der Waals surface area (Å²) in [5, 5.41) is 0. The molecule has 1 heterocycles.